The molecule has 1 aromatic rings. The molecular weight excluding hydrogens is 284 g/mol. The van der Waals surface area contributed by atoms with Crippen LogP contribution in [0.15, 0.2) is 24.3 Å². The number of nitrogens with two attached hydrogens (primary N) is 1. The summed E-state index contributed by atoms with van der Waals surface area (Å²) in [6.45, 7) is 3.31. The zero-order valence-corrected chi connectivity index (χ0v) is 13.5. The van der Waals surface area contributed by atoms with Gasteiger partial charge in [-0.25, -0.2) is 0 Å². The van der Waals surface area contributed by atoms with Gasteiger partial charge in [0.2, 0.25) is 5.91 Å². The lowest BCUT2D eigenvalue weighted by atomic mass is 9.79. The van der Waals surface area contributed by atoms with Crippen LogP contribution in [-0.4, -0.2) is 19.0 Å². The van der Waals surface area contributed by atoms with Crippen LogP contribution in [0.25, 0.3) is 0 Å². The molecule has 1 fully saturated rings. The first-order valence-corrected chi connectivity index (χ1v) is 8.16. The van der Waals surface area contributed by atoms with Crippen molar-refractivity contribution in [1.82, 2.24) is 5.32 Å². The number of halogens is 1. The van der Waals surface area contributed by atoms with Crippen LogP contribution in [0.3, 0.4) is 0 Å². The molecule has 1 amide bonds. The minimum Gasteiger partial charge on any atom is -0.355 e. The van der Waals surface area contributed by atoms with E-state index in [1.54, 1.807) is 0 Å². The number of carbonyl (C=O) groups is 1. The van der Waals surface area contributed by atoms with E-state index < -0.39 is 0 Å². The first-order chi connectivity index (χ1) is 10.1. The number of carbonyl (C=O) groups excluding carboxylic acids is 1. The summed E-state index contributed by atoms with van der Waals surface area (Å²) in [6.07, 6.45) is 4.95. The average molecular weight is 309 g/mol. The Morgan fingerprint density at radius 2 is 2.14 bits per heavy atom. The highest BCUT2D eigenvalue weighted by Crippen LogP contribution is 2.41. The monoisotopic (exact) mass is 308 g/mol. The van der Waals surface area contributed by atoms with Gasteiger partial charge in [0, 0.05) is 11.6 Å². The Morgan fingerprint density at radius 3 is 2.76 bits per heavy atom. The number of hydrogen-bond acceptors (Lipinski definition) is 2. The summed E-state index contributed by atoms with van der Waals surface area (Å²) in [5, 5.41) is 3.83. The van der Waals surface area contributed by atoms with Gasteiger partial charge in [0.1, 0.15) is 0 Å². The third-order valence-electron chi connectivity index (χ3n) is 4.49. The fourth-order valence-electron chi connectivity index (χ4n) is 3.11. The van der Waals surface area contributed by atoms with Crippen molar-refractivity contribution in [2.75, 3.05) is 13.1 Å². The number of benzene rings is 1. The van der Waals surface area contributed by atoms with E-state index in [4.69, 9.17) is 17.3 Å². The van der Waals surface area contributed by atoms with Crippen molar-refractivity contribution in [2.24, 2.45) is 17.1 Å². The van der Waals surface area contributed by atoms with E-state index in [1.807, 2.05) is 18.2 Å². The highest BCUT2D eigenvalue weighted by atomic mass is 35.5. The molecule has 0 heterocycles. The molecule has 2 rings (SSSR count). The molecule has 4 heteroatoms. The van der Waals surface area contributed by atoms with Crippen LogP contribution in [0.4, 0.5) is 0 Å². The van der Waals surface area contributed by atoms with Crippen molar-refractivity contribution < 1.29 is 4.79 Å². The van der Waals surface area contributed by atoms with Gasteiger partial charge in [0.05, 0.1) is 5.41 Å². The van der Waals surface area contributed by atoms with Gasteiger partial charge in [-0.05, 0) is 49.4 Å². The van der Waals surface area contributed by atoms with Crippen LogP contribution >= 0.6 is 11.6 Å². The van der Waals surface area contributed by atoms with Gasteiger partial charge in [-0.15, -0.1) is 0 Å². The molecule has 116 valence electrons. The molecule has 3 nitrogen and oxygen atoms in total. The summed E-state index contributed by atoms with van der Waals surface area (Å²) in [4.78, 5) is 12.7. The van der Waals surface area contributed by atoms with E-state index >= 15 is 0 Å². The van der Waals surface area contributed by atoms with Crippen molar-refractivity contribution in [1.29, 1.82) is 0 Å². The van der Waals surface area contributed by atoms with Gasteiger partial charge in [-0.3, -0.25) is 4.79 Å². The maximum Gasteiger partial charge on any atom is 0.226 e. The smallest absolute Gasteiger partial charge is 0.226 e. The average Bonchev–Trinajstić information content (AvgIpc) is 2.94. The van der Waals surface area contributed by atoms with Gasteiger partial charge in [0.15, 0.2) is 0 Å². The fourth-order valence-corrected chi connectivity index (χ4v) is 3.32. The molecule has 21 heavy (non-hydrogen) atoms. The molecule has 0 saturated heterocycles. The van der Waals surface area contributed by atoms with E-state index in [2.05, 4.69) is 18.3 Å². The van der Waals surface area contributed by atoms with Gasteiger partial charge >= 0.3 is 0 Å². The summed E-state index contributed by atoms with van der Waals surface area (Å²) in [7, 11) is 0. The zero-order valence-electron chi connectivity index (χ0n) is 12.7. The third kappa shape index (κ3) is 4.21. The lowest BCUT2D eigenvalue weighted by Gasteiger charge is -2.28. The molecule has 0 bridgehead atoms. The fraction of sp³-hybridized carbons (Fsp3) is 0.588. The number of nitrogens with one attached hydrogen (secondary N) is 1. The summed E-state index contributed by atoms with van der Waals surface area (Å²) in [5.41, 5.74) is 6.50. The van der Waals surface area contributed by atoms with E-state index in [0.717, 1.165) is 42.7 Å². The second-order valence-corrected chi connectivity index (χ2v) is 6.78. The van der Waals surface area contributed by atoms with Gasteiger partial charge in [-0.2, -0.15) is 0 Å². The molecule has 0 aromatic heterocycles. The largest absolute Gasteiger partial charge is 0.355 e. The third-order valence-corrected chi connectivity index (χ3v) is 4.72. The number of rotatable bonds is 6. The molecule has 0 spiro atoms. The van der Waals surface area contributed by atoms with Crippen molar-refractivity contribution in [2.45, 2.75) is 39.0 Å². The Kier molecular flexibility index (Phi) is 5.65. The van der Waals surface area contributed by atoms with E-state index in [0.29, 0.717) is 19.0 Å². The van der Waals surface area contributed by atoms with E-state index in [1.165, 1.54) is 0 Å². The summed E-state index contributed by atoms with van der Waals surface area (Å²) in [5.74, 6) is 0.499. The second kappa shape index (κ2) is 7.28. The summed E-state index contributed by atoms with van der Waals surface area (Å²) in [6, 6.07) is 7.85. The standard InChI is InChI=1S/C17H25ClN2O/c1-13(11-19)12-20-16(21)17(7-2-3-8-17)10-14-5-4-6-15(18)9-14/h4-6,9,13H,2-3,7-8,10-12,19H2,1H3,(H,20,21). The van der Waals surface area contributed by atoms with Crippen molar-refractivity contribution in [3.63, 3.8) is 0 Å². The van der Waals surface area contributed by atoms with Crippen molar-refractivity contribution >= 4 is 17.5 Å². The van der Waals surface area contributed by atoms with Crippen LogP contribution in [0.5, 0.6) is 0 Å². The lowest BCUT2D eigenvalue weighted by molar-refractivity contribution is -0.131. The SMILES string of the molecule is CC(CN)CNC(=O)C1(Cc2cccc(Cl)c2)CCCC1. The second-order valence-electron chi connectivity index (χ2n) is 6.35. The quantitative estimate of drug-likeness (QED) is 0.848. The lowest BCUT2D eigenvalue weighted by Crippen LogP contribution is -2.43. The maximum atomic E-state index is 12.7. The molecule has 1 atom stereocenters. The summed E-state index contributed by atoms with van der Waals surface area (Å²) < 4.78 is 0. The van der Waals surface area contributed by atoms with E-state index in [9.17, 15) is 4.79 Å². The molecule has 1 saturated carbocycles. The molecule has 1 aromatic carbocycles. The minimum atomic E-state index is -0.265. The highest BCUT2D eigenvalue weighted by Gasteiger charge is 2.40. The minimum absolute atomic E-state index is 0.181. The van der Waals surface area contributed by atoms with Crippen LogP contribution in [0.1, 0.15) is 38.2 Å². The zero-order chi connectivity index (χ0) is 15.3. The highest BCUT2D eigenvalue weighted by molar-refractivity contribution is 6.30. The van der Waals surface area contributed by atoms with Gasteiger partial charge in [-0.1, -0.05) is 43.5 Å². The molecule has 0 aliphatic heterocycles. The van der Waals surface area contributed by atoms with Gasteiger partial charge < -0.3 is 11.1 Å². The number of amides is 1. The Morgan fingerprint density at radius 1 is 1.43 bits per heavy atom. The van der Waals surface area contributed by atoms with Crippen LogP contribution in [0, 0.1) is 11.3 Å². The molecule has 1 aliphatic rings. The van der Waals surface area contributed by atoms with Crippen LogP contribution < -0.4 is 11.1 Å². The Labute approximate surface area is 132 Å². The predicted molar refractivity (Wildman–Crippen MR) is 87.3 cm³/mol. The van der Waals surface area contributed by atoms with Crippen molar-refractivity contribution in [3.8, 4) is 0 Å². The Bertz CT molecular complexity index is 483. The first kappa shape index (κ1) is 16.3. The Hall–Kier alpha value is -1.06. The normalized spacial score (nSPS) is 18.4. The van der Waals surface area contributed by atoms with Crippen molar-refractivity contribution in [3.05, 3.63) is 34.9 Å². The van der Waals surface area contributed by atoms with Crippen LogP contribution in [0.2, 0.25) is 5.02 Å². The predicted octanol–water partition coefficient (Wildman–Crippen LogP) is 3.15. The molecule has 3 N–H and O–H groups in total. The van der Waals surface area contributed by atoms with Crippen LogP contribution in [-0.2, 0) is 11.2 Å². The topological polar surface area (TPSA) is 55.1 Å². The molecule has 1 unspecified atom stereocenters. The van der Waals surface area contributed by atoms with E-state index in [-0.39, 0.29) is 11.3 Å². The maximum absolute atomic E-state index is 12.7. The molecule has 1 aliphatic carbocycles. The Balaban J connectivity index is 2.07. The first-order valence-electron chi connectivity index (χ1n) is 7.78. The van der Waals surface area contributed by atoms with Gasteiger partial charge in [0.25, 0.3) is 0 Å². The molecule has 0 radical (unpaired) electrons. The molecular formula is C17H25ClN2O. The number of hydrogen-bond donors (Lipinski definition) is 2. The summed E-state index contributed by atoms with van der Waals surface area (Å²) >= 11 is 6.06.